The second-order valence-electron chi connectivity index (χ2n) is 6.26. The fraction of sp³-hybridized carbons (Fsp3) is 0.632. The fourth-order valence-corrected chi connectivity index (χ4v) is 2.25. The van der Waals surface area contributed by atoms with Crippen molar-refractivity contribution in [2.24, 2.45) is 10.9 Å². The molecule has 2 N–H and O–H groups in total. The van der Waals surface area contributed by atoms with Crippen LogP contribution in [0.15, 0.2) is 35.3 Å². The average molecular weight is 333 g/mol. The summed E-state index contributed by atoms with van der Waals surface area (Å²) in [5, 5.41) is 6.61. The van der Waals surface area contributed by atoms with Gasteiger partial charge in [-0.1, -0.05) is 18.2 Å². The molecule has 0 saturated heterocycles. The third-order valence-corrected chi connectivity index (χ3v) is 3.74. The van der Waals surface area contributed by atoms with E-state index < -0.39 is 0 Å². The van der Waals surface area contributed by atoms with Gasteiger partial charge in [0.1, 0.15) is 11.9 Å². The summed E-state index contributed by atoms with van der Waals surface area (Å²) in [5.41, 5.74) is 0. The summed E-state index contributed by atoms with van der Waals surface area (Å²) < 4.78 is 11.5. The number of hydrogen-bond donors (Lipinski definition) is 2. The van der Waals surface area contributed by atoms with Crippen LogP contribution in [-0.4, -0.2) is 44.9 Å². The van der Waals surface area contributed by atoms with E-state index in [1.54, 1.807) is 0 Å². The van der Waals surface area contributed by atoms with Gasteiger partial charge in [0.15, 0.2) is 5.96 Å². The van der Waals surface area contributed by atoms with Crippen LogP contribution in [0.2, 0.25) is 0 Å². The number of hydrogen-bond acceptors (Lipinski definition) is 3. The molecule has 5 heteroatoms. The average Bonchev–Trinajstić information content (AvgIpc) is 3.41. The molecule has 1 aliphatic rings. The van der Waals surface area contributed by atoms with Crippen LogP contribution in [0.5, 0.6) is 5.75 Å². The van der Waals surface area contributed by atoms with Crippen LogP contribution in [0.3, 0.4) is 0 Å². The molecule has 24 heavy (non-hydrogen) atoms. The number of nitrogens with zero attached hydrogens (tertiary/aromatic N) is 1. The molecule has 134 valence electrons. The molecule has 0 radical (unpaired) electrons. The lowest BCUT2D eigenvalue weighted by atomic mass is 10.3. The quantitative estimate of drug-likeness (QED) is 0.371. The predicted molar refractivity (Wildman–Crippen MR) is 98.7 cm³/mol. The Kier molecular flexibility index (Phi) is 8.46. The first-order chi connectivity index (χ1) is 11.8. The number of aliphatic imine (C=N–C) groups is 1. The molecule has 0 spiro atoms. The van der Waals surface area contributed by atoms with Crippen LogP contribution in [0.4, 0.5) is 0 Å². The van der Waals surface area contributed by atoms with E-state index in [9.17, 15) is 0 Å². The van der Waals surface area contributed by atoms with E-state index in [0.717, 1.165) is 50.4 Å². The highest BCUT2D eigenvalue weighted by atomic mass is 16.5. The van der Waals surface area contributed by atoms with Crippen LogP contribution in [-0.2, 0) is 4.74 Å². The van der Waals surface area contributed by atoms with Gasteiger partial charge in [-0.15, -0.1) is 0 Å². The van der Waals surface area contributed by atoms with Gasteiger partial charge in [-0.05, 0) is 51.2 Å². The van der Waals surface area contributed by atoms with Crippen LogP contribution in [0.25, 0.3) is 0 Å². The molecule has 0 aromatic heterocycles. The van der Waals surface area contributed by atoms with E-state index in [0.29, 0.717) is 6.54 Å². The molecule has 0 heterocycles. The molecule has 2 rings (SSSR count). The summed E-state index contributed by atoms with van der Waals surface area (Å²) in [4.78, 5) is 4.59. The Morgan fingerprint density at radius 2 is 2.04 bits per heavy atom. The van der Waals surface area contributed by atoms with Gasteiger partial charge >= 0.3 is 0 Å². The third-order valence-electron chi connectivity index (χ3n) is 3.74. The lowest BCUT2D eigenvalue weighted by Gasteiger charge is -2.15. The zero-order valence-electron chi connectivity index (χ0n) is 15.0. The van der Waals surface area contributed by atoms with Crippen LogP contribution < -0.4 is 15.4 Å². The predicted octanol–water partition coefficient (Wildman–Crippen LogP) is 2.83. The van der Waals surface area contributed by atoms with Crippen molar-refractivity contribution in [1.29, 1.82) is 0 Å². The smallest absolute Gasteiger partial charge is 0.191 e. The molecule has 0 bridgehead atoms. The molecular weight excluding hydrogens is 302 g/mol. The van der Waals surface area contributed by atoms with Gasteiger partial charge in [0, 0.05) is 26.3 Å². The van der Waals surface area contributed by atoms with Crippen LogP contribution >= 0.6 is 0 Å². The summed E-state index contributed by atoms with van der Waals surface area (Å²) in [6.45, 7) is 8.18. The Hall–Kier alpha value is -1.75. The van der Waals surface area contributed by atoms with Gasteiger partial charge in [0.05, 0.1) is 6.54 Å². The van der Waals surface area contributed by atoms with Gasteiger partial charge in [0.25, 0.3) is 0 Å². The monoisotopic (exact) mass is 333 g/mol. The van der Waals surface area contributed by atoms with E-state index in [1.165, 1.54) is 12.8 Å². The molecule has 0 aliphatic heterocycles. The molecule has 1 saturated carbocycles. The van der Waals surface area contributed by atoms with E-state index >= 15 is 0 Å². The molecule has 5 nitrogen and oxygen atoms in total. The number of ether oxygens (including phenoxy) is 2. The number of rotatable bonds is 11. The molecule has 1 aromatic carbocycles. The van der Waals surface area contributed by atoms with E-state index in [2.05, 4.69) is 22.5 Å². The Morgan fingerprint density at radius 3 is 2.75 bits per heavy atom. The van der Waals surface area contributed by atoms with Crippen molar-refractivity contribution in [2.75, 3.05) is 32.8 Å². The molecule has 1 atom stereocenters. The van der Waals surface area contributed by atoms with Gasteiger partial charge in [-0.3, -0.25) is 0 Å². The lowest BCUT2D eigenvalue weighted by Crippen LogP contribution is -2.38. The second kappa shape index (κ2) is 10.9. The molecule has 1 aromatic rings. The summed E-state index contributed by atoms with van der Waals surface area (Å²) >= 11 is 0. The van der Waals surface area contributed by atoms with Crippen molar-refractivity contribution in [3.05, 3.63) is 30.3 Å². The number of para-hydroxylation sites is 1. The first-order valence-electron chi connectivity index (χ1n) is 9.09. The molecule has 1 unspecified atom stereocenters. The van der Waals surface area contributed by atoms with E-state index in [4.69, 9.17) is 9.47 Å². The van der Waals surface area contributed by atoms with Gasteiger partial charge in [-0.25, -0.2) is 4.99 Å². The topological polar surface area (TPSA) is 54.9 Å². The summed E-state index contributed by atoms with van der Waals surface area (Å²) in [7, 11) is 0. The second-order valence-corrected chi connectivity index (χ2v) is 6.26. The number of nitrogens with one attached hydrogen (secondary N) is 2. The minimum Gasteiger partial charge on any atom is -0.489 e. The van der Waals surface area contributed by atoms with Crippen molar-refractivity contribution in [3.63, 3.8) is 0 Å². The highest BCUT2D eigenvalue weighted by Crippen LogP contribution is 2.28. The maximum Gasteiger partial charge on any atom is 0.191 e. The molecule has 1 aliphatic carbocycles. The molecule has 0 amide bonds. The van der Waals surface area contributed by atoms with Gasteiger partial charge < -0.3 is 20.1 Å². The largest absolute Gasteiger partial charge is 0.489 e. The zero-order valence-corrected chi connectivity index (χ0v) is 15.0. The summed E-state index contributed by atoms with van der Waals surface area (Å²) in [6.07, 6.45) is 3.72. The lowest BCUT2D eigenvalue weighted by molar-refractivity contribution is 0.123. The van der Waals surface area contributed by atoms with Crippen molar-refractivity contribution in [1.82, 2.24) is 10.6 Å². The minimum atomic E-state index is 0.0322. The van der Waals surface area contributed by atoms with Crippen molar-refractivity contribution in [3.8, 4) is 5.75 Å². The van der Waals surface area contributed by atoms with Crippen molar-refractivity contribution in [2.45, 2.75) is 39.2 Å². The Labute approximate surface area is 145 Å². The van der Waals surface area contributed by atoms with Gasteiger partial charge in [-0.2, -0.15) is 0 Å². The zero-order chi connectivity index (χ0) is 17.0. The normalized spacial score (nSPS) is 15.8. The number of guanidine groups is 1. The first kappa shape index (κ1) is 18.6. The highest BCUT2D eigenvalue weighted by molar-refractivity contribution is 5.79. The Bertz CT molecular complexity index is 475. The standard InChI is InChI=1S/C19H31N3O2/c1-3-20-19(21-12-7-13-23-15-17-10-11-17)22-14-16(2)24-18-8-5-4-6-9-18/h4-6,8-9,16-17H,3,7,10-15H2,1-2H3,(H2,20,21,22). The van der Waals surface area contributed by atoms with Crippen molar-refractivity contribution >= 4 is 5.96 Å². The van der Waals surface area contributed by atoms with E-state index in [-0.39, 0.29) is 6.10 Å². The maximum absolute atomic E-state index is 5.85. The van der Waals surface area contributed by atoms with E-state index in [1.807, 2.05) is 37.3 Å². The maximum atomic E-state index is 5.85. The Morgan fingerprint density at radius 1 is 1.25 bits per heavy atom. The van der Waals surface area contributed by atoms with Crippen LogP contribution in [0.1, 0.15) is 33.1 Å². The van der Waals surface area contributed by atoms with Gasteiger partial charge in [0.2, 0.25) is 0 Å². The number of benzene rings is 1. The molecular formula is C19H31N3O2. The third kappa shape index (κ3) is 8.20. The van der Waals surface area contributed by atoms with Crippen LogP contribution in [0, 0.1) is 5.92 Å². The summed E-state index contributed by atoms with van der Waals surface area (Å²) in [6, 6.07) is 9.86. The first-order valence-corrected chi connectivity index (χ1v) is 9.09. The van der Waals surface area contributed by atoms with Crippen molar-refractivity contribution < 1.29 is 9.47 Å². The highest BCUT2D eigenvalue weighted by Gasteiger charge is 2.20. The fourth-order valence-electron chi connectivity index (χ4n) is 2.25. The minimum absolute atomic E-state index is 0.0322. The Balaban J connectivity index is 1.62. The summed E-state index contributed by atoms with van der Waals surface area (Å²) in [5.74, 6) is 2.55. The molecule has 1 fully saturated rings. The SMILES string of the molecule is CCNC(=NCC(C)Oc1ccccc1)NCCCOCC1CC1.